The van der Waals surface area contributed by atoms with E-state index >= 15 is 0 Å². The second-order valence-electron chi connectivity index (χ2n) is 15.6. The van der Waals surface area contributed by atoms with E-state index in [-0.39, 0.29) is 28.6 Å². The number of rotatable bonds is 4. The van der Waals surface area contributed by atoms with Crippen LogP contribution in [0.1, 0.15) is 103 Å². The number of hydrogen-bond donors (Lipinski definition) is 2. The molecule has 0 radical (unpaired) electrons. The first kappa shape index (κ1) is 28.6. The van der Waals surface area contributed by atoms with Crippen LogP contribution in [-0.2, 0) is 34.6 Å². The second-order valence-corrected chi connectivity index (χ2v) is 15.6. The van der Waals surface area contributed by atoms with E-state index in [9.17, 15) is 15.0 Å². The topological polar surface area (TPSA) is 94.5 Å². The Hall–Kier alpha value is -1.51. The summed E-state index contributed by atoms with van der Waals surface area (Å²) in [6.07, 6.45) is -1.15. The zero-order valence-electron chi connectivity index (χ0n) is 25.8. The Balaban J connectivity index is 1.44. The van der Waals surface area contributed by atoms with Gasteiger partial charge in [-0.1, -0.05) is 60.6 Å². The van der Waals surface area contributed by atoms with E-state index in [0.29, 0.717) is 12.8 Å². The van der Waals surface area contributed by atoms with Crippen molar-refractivity contribution < 1.29 is 34.0 Å². The van der Waals surface area contributed by atoms with Crippen LogP contribution in [0.25, 0.3) is 0 Å². The third-order valence-corrected chi connectivity index (χ3v) is 11.8. The Kier molecular flexibility index (Phi) is 6.10. The fraction of sp³-hybridized carbons (Fsp3) is 0.788. The summed E-state index contributed by atoms with van der Waals surface area (Å²) in [5.74, 6) is -1.11. The van der Waals surface area contributed by atoms with Gasteiger partial charge in [0.1, 0.15) is 6.10 Å². The molecule has 40 heavy (non-hydrogen) atoms. The van der Waals surface area contributed by atoms with E-state index in [4.69, 9.17) is 18.9 Å². The molecule has 1 aliphatic heterocycles. The lowest BCUT2D eigenvalue weighted by molar-refractivity contribution is -0.306. The molecule has 3 saturated carbocycles. The number of carbonyl (C=O) groups excluding carboxylic acids is 1. The number of ether oxygens (including phenoxy) is 4. The first-order valence-electron chi connectivity index (χ1n) is 15.0. The maximum Gasteiger partial charge on any atom is 0.302 e. The van der Waals surface area contributed by atoms with Crippen LogP contribution >= 0.6 is 0 Å². The van der Waals surface area contributed by atoms with Gasteiger partial charge in [0.25, 0.3) is 0 Å². The van der Waals surface area contributed by atoms with Crippen molar-refractivity contribution in [2.75, 3.05) is 7.11 Å². The highest BCUT2D eigenvalue weighted by Gasteiger charge is 2.80. The third-order valence-electron chi connectivity index (χ3n) is 11.8. The van der Waals surface area contributed by atoms with Crippen LogP contribution in [0, 0.1) is 35.5 Å². The van der Waals surface area contributed by atoms with Gasteiger partial charge in [0.15, 0.2) is 12.6 Å². The molecule has 11 atom stereocenters. The first-order chi connectivity index (χ1) is 18.4. The van der Waals surface area contributed by atoms with Gasteiger partial charge in [-0.2, -0.15) is 0 Å². The van der Waals surface area contributed by atoms with Gasteiger partial charge in [-0.05, 0) is 59.6 Å². The predicted octanol–water partition coefficient (Wildman–Crippen LogP) is 5.07. The normalized spacial score (nSPS) is 47.6. The van der Waals surface area contributed by atoms with E-state index < -0.39 is 53.2 Å². The van der Waals surface area contributed by atoms with Crippen molar-refractivity contribution >= 4 is 5.97 Å². The van der Waals surface area contributed by atoms with E-state index in [1.807, 2.05) is 0 Å². The maximum atomic E-state index is 12.8. The lowest BCUT2D eigenvalue weighted by Gasteiger charge is -2.52. The van der Waals surface area contributed by atoms with Gasteiger partial charge >= 0.3 is 5.97 Å². The number of aliphatic hydroxyl groups is 2. The Labute approximate surface area is 238 Å². The summed E-state index contributed by atoms with van der Waals surface area (Å²) in [5.41, 5.74) is 1.83. The van der Waals surface area contributed by atoms with E-state index in [0.717, 1.165) is 17.5 Å². The fourth-order valence-electron chi connectivity index (χ4n) is 11.0. The molecule has 0 saturated heterocycles. The highest BCUT2D eigenvalue weighted by atomic mass is 16.8. The molecule has 6 rings (SSSR count). The first-order valence-corrected chi connectivity index (χ1v) is 15.0. The molecule has 1 heterocycles. The number of aryl methyl sites for hydroxylation is 1. The minimum absolute atomic E-state index is 0.0580. The summed E-state index contributed by atoms with van der Waals surface area (Å²) >= 11 is 0. The molecule has 4 aliphatic carbocycles. The molecule has 7 heteroatoms. The second kappa shape index (κ2) is 8.53. The van der Waals surface area contributed by atoms with Crippen molar-refractivity contribution in [1.29, 1.82) is 0 Å². The van der Waals surface area contributed by atoms with Crippen LogP contribution in [0.15, 0.2) is 12.1 Å². The third kappa shape index (κ3) is 3.39. The number of esters is 1. The van der Waals surface area contributed by atoms with Crippen LogP contribution in [0.4, 0.5) is 0 Å². The summed E-state index contributed by atoms with van der Waals surface area (Å²) in [6, 6.07) is 4.39. The van der Waals surface area contributed by atoms with Crippen molar-refractivity contribution in [2.24, 2.45) is 28.6 Å². The summed E-state index contributed by atoms with van der Waals surface area (Å²) in [5, 5.41) is 24.8. The highest BCUT2D eigenvalue weighted by molar-refractivity contribution is 5.66. The molecule has 0 spiro atoms. The average Bonchev–Trinajstić information content (AvgIpc) is 3.20. The molecule has 0 bridgehead atoms. The SMILES string of the molecule is COC1OC(OC2C(O)C3C(C)CC(OC(C)=O)C4C(C)(C)CC2(C)C34O)C2(C)CC(C)(C)c3ccc(C)c1c32. The smallest absolute Gasteiger partial charge is 0.302 e. The molecule has 0 amide bonds. The van der Waals surface area contributed by atoms with Crippen molar-refractivity contribution in [3.63, 3.8) is 0 Å². The number of methoxy groups -OCH3 is 1. The van der Waals surface area contributed by atoms with E-state index in [1.165, 1.54) is 18.1 Å². The summed E-state index contributed by atoms with van der Waals surface area (Å²) in [7, 11) is 1.66. The van der Waals surface area contributed by atoms with Gasteiger partial charge in [0, 0.05) is 42.3 Å². The molecular weight excluding hydrogens is 508 g/mol. The van der Waals surface area contributed by atoms with Crippen LogP contribution in [-0.4, -0.2) is 53.5 Å². The molecule has 5 aliphatic rings. The van der Waals surface area contributed by atoms with E-state index in [2.05, 4.69) is 67.5 Å². The number of hydrogen-bond acceptors (Lipinski definition) is 7. The summed E-state index contributed by atoms with van der Waals surface area (Å²) < 4.78 is 25.5. The predicted molar refractivity (Wildman–Crippen MR) is 149 cm³/mol. The van der Waals surface area contributed by atoms with Crippen LogP contribution < -0.4 is 0 Å². The number of aliphatic hydroxyl groups excluding tert-OH is 1. The van der Waals surface area contributed by atoms with Gasteiger partial charge in [0.2, 0.25) is 0 Å². The standard InChI is InChI=1S/C33H48O7/c1-16-11-12-19-23-21(16)27(37-10)40-28(31(23,8)14-29(19,4)5)39-26-24(35)22-17(2)13-20(38-18(3)34)25-30(6,7)15-32(26,9)33(22,25)36/h11-12,17,20,22,24-28,35-36H,13-15H2,1-10H3. The minimum atomic E-state index is -1.26. The Bertz CT molecular complexity index is 1240. The highest BCUT2D eigenvalue weighted by Crippen LogP contribution is 2.73. The fourth-order valence-corrected chi connectivity index (χ4v) is 11.0. The molecule has 222 valence electrons. The molecule has 2 N–H and O–H groups in total. The number of carbonyl (C=O) groups is 1. The van der Waals surface area contributed by atoms with Crippen molar-refractivity contribution in [1.82, 2.24) is 0 Å². The van der Waals surface area contributed by atoms with Crippen molar-refractivity contribution in [3.05, 3.63) is 34.4 Å². The molecule has 7 nitrogen and oxygen atoms in total. The zero-order chi connectivity index (χ0) is 29.4. The molecule has 1 aromatic rings. The lowest BCUT2D eigenvalue weighted by Crippen LogP contribution is -2.60. The quantitative estimate of drug-likeness (QED) is 0.500. The van der Waals surface area contributed by atoms with Crippen LogP contribution in [0.5, 0.6) is 0 Å². The van der Waals surface area contributed by atoms with Gasteiger partial charge in [-0.15, -0.1) is 0 Å². The number of benzene rings is 1. The monoisotopic (exact) mass is 556 g/mol. The Morgan fingerprint density at radius 3 is 2.40 bits per heavy atom. The van der Waals surface area contributed by atoms with Gasteiger partial charge in [-0.25, -0.2) is 0 Å². The summed E-state index contributed by atoms with van der Waals surface area (Å²) in [6.45, 7) is 18.7. The van der Waals surface area contributed by atoms with Crippen molar-refractivity contribution in [2.45, 2.75) is 129 Å². The van der Waals surface area contributed by atoms with Gasteiger partial charge in [0.05, 0.1) is 17.8 Å². The molecule has 11 unspecified atom stereocenters. The van der Waals surface area contributed by atoms with Gasteiger partial charge < -0.3 is 29.2 Å². The van der Waals surface area contributed by atoms with Crippen LogP contribution in [0.3, 0.4) is 0 Å². The largest absolute Gasteiger partial charge is 0.462 e. The van der Waals surface area contributed by atoms with Crippen LogP contribution in [0.2, 0.25) is 0 Å². The summed E-state index contributed by atoms with van der Waals surface area (Å²) in [4.78, 5) is 12.1. The zero-order valence-corrected chi connectivity index (χ0v) is 25.8. The van der Waals surface area contributed by atoms with Gasteiger partial charge in [-0.3, -0.25) is 4.79 Å². The molecule has 0 aromatic heterocycles. The lowest BCUT2D eigenvalue weighted by atomic mass is 9.58. The molecule has 3 fully saturated rings. The Morgan fingerprint density at radius 1 is 1.10 bits per heavy atom. The minimum Gasteiger partial charge on any atom is -0.462 e. The Morgan fingerprint density at radius 2 is 1.77 bits per heavy atom. The van der Waals surface area contributed by atoms with E-state index in [1.54, 1.807) is 7.11 Å². The average molecular weight is 557 g/mol. The van der Waals surface area contributed by atoms with Crippen molar-refractivity contribution in [3.8, 4) is 0 Å². The molecular formula is C33H48O7. The molecule has 1 aromatic carbocycles. The maximum absolute atomic E-state index is 12.8.